The largest absolute Gasteiger partial charge is 0.494 e. The summed E-state index contributed by atoms with van der Waals surface area (Å²) in [5.74, 6) is -1.48. The Morgan fingerprint density at radius 3 is 2.19 bits per heavy atom. The molecular formula is C19H18FNO5. The van der Waals surface area contributed by atoms with Crippen molar-refractivity contribution in [1.82, 2.24) is 5.32 Å². The SMILES string of the molecule is CCOc1ccc(C(=O)NCC(=O)OCC(=O)c2ccc(F)cc2)cc1. The van der Waals surface area contributed by atoms with Gasteiger partial charge in [0.05, 0.1) is 6.61 Å². The average molecular weight is 359 g/mol. The average Bonchev–Trinajstić information content (AvgIpc) is 2.65. The Morgan fingerprint density at radius 2 is 1.58 bits per heavy atom. The van der Waals surface area contributed by atoms with E-state index in [-0.39, 0.29) is 12.1 Å². The van der Waals surface area contributed by atoms with Crippen LogP contribution < -0.4 is 10.1 Å². The van der Waals surface area contributed by atoms with E-state index in [0.717, 1.165) is 12.1 Å². The second kappa shape index (κ2) is 9.31. The van der Waals surface area contributed by atoms with E-state index in [1.807, 2.05) is 6.92 Å². The zero-order valence-corrected chi connectivity index (χ0v) is 14.2. The molecule has 2 aromatic rings. The summed E-state index contributed by atoms with van der Waals surface area (Å²) in [5.41, 5.74) is 0.598. The Hall–Kier alpha value is -3.22. The van der Waals surface area contributed by atoms with Gasteiger partial charge >= 0.3 is 5.97 Å². The molecule has 0 unspecified atom stereocenters. The maximum atomic E-state index is 12.8. The van der Waals surface area contributed by atoms with Gasteiger partial charge in [-0.05, 0) is 55.5 Å². The standard InChI is InChI=1S/C19H18FNO5/c1-2-25-16-9-5-14(6-10-16)19(24)21-11-18(23)26-12-17(22)13-3-7-15(20)8-4-13/h3-10H,2,11-12H2,1H3,(H,21,24). The second-order valence-electron chi connectivity index (χ2n) is 5.23. The van der Waals surface area contributed by atoms with E-state index in [1.165, 1.54) is 12.1 Å². The highest BCUT2D eigenvalue weighted by Crippen LogP contribution is 2.11. The lowest BCUT2D eigenvalue weighted by molar-refractivity contribution is -0.141. The van der Waals surface area contributed by atoms with E-state index in [1.54, 1.807) is 24.3 Å². The molecular weight excluding hydrogens is 341 g/mol. The Morgan fingerprint density at radius 1 is 0.962 bits per heavy atom. The summed E-state index contributed by atoms with van der Waals surface area (Å²) in [6, 6.07) is 11.3. The van der Waals surface area contributed by atoms with Crippen molar-refractivity contribution >= 4 is 17.7 Å². The first-order valence-corrected chi connectivity index (χ1v) is 7.95. The number of Topliss-reactive ketones (excluding diaryl/α,β-unsaturated/α-hetero) is 1. The number of amides is 1. The van der Waals surface area contributed by atoms with E-state index in [4.69, 9.17) is 9.47 Å². The van der Waals surface area contributed by atoms with Crippen molar-refractivity contribution in [1.29, 1.82) is 0 Å². The van der Waals surface area contributed by atoms with Crippen LogP contribution in [0.25, 0.3) is 0 Å². The predicted octanol–water partition coefficient (Wildman–Crippen LogP) is 2.38. The molecule has 0 heterocycles. The third-order valence-electron chi connectivity index (χ3n) is 3.35. The number of halogens is 1. The normalized spacial score (nSPS) is 10.1. The quantitative estimate of drug-likeness (QED) is 0.578. The lowest BCUT2D eigenvalue weighted by Gasteiger charge is -2.07. The van der Waals surface area contributed by atoms with Crippen LogP contribution in [0.3, 0.4) is 0 Å². The molecule has 136 valence electrons. The molecule has 0 fully saturated rings. The maximum absolute atomic E-state index is 12.8. The van der Waals surface area contributed by atoms with Crippen LogP contribution in [0.4, 0.5) is 4.39 Å². The van der Waals surface area contributed by atoms with Crippen molar-refractivity contribution in [2.75, 3.05) is 19.8 Å². The van der Waals surface area contributed by atoms with E-state index in [0.29, 0.717) is 17.9 Å². The minimum absolute atomic E-state index is 0.234. The lowest BCUT2D eigenvalue weighted by Crippen LogP contribution is -2.31. The van der Waals surface area contributed by atoms with Gasteiger partial charge in [-0.1, -0.05) is 0 Å². The topological polar surface area (TPSA) is 81.7 Å². The first-order valence-electron chi connectivity index (χ1n) is 7.95. The van der Waals surface area contributed by atoms with Crippen LogP contribution in [0.1, 0.15) is 27.6 Å². The van der Waals surface area contributed by atoms with Gasteiger partial charge in [0.25, 0.3) is 5.91 Å². The Bertz CT molecular complexity index is 772. The summed E-state index contributed by atoms with van der Waals surface area (Å²) < 4.78 is 22.9. The van der Waals surface area contributed by atoms with Crippen LogP contribution in [-0.4, -0.2) is 37.4 Å². The number of ether oxygens (including phenoxy) is 2. The summed E-state index contributed by atoms with van der Waals surface area (Å²) in [7, 11) is 0. The fraction of sp³-hybridized carbons (Fsp3) is 0.211. The second-order valence-corrected chi connectivity index (χ2v) is 5.23. The summed E-state index contributed by atoms with van der Waals surface area (Å²) in [4.78, 5) is 35.4. The third kappa shape index (κ3) is 5.70. The summed E-state index contributed by atoms with van der Waals surface area (Å²) in [5, 5.41) is 2.41. The summed E-state index contributed by atoms with van der Waals surface area (Å²) in [6.07, 6.45) is 0. The van der Waals surface area contributed by atoms with E-state index in [2.05, 4.69) is 5.32 Å². The molecule has 7 heteroatoms. The van der Waals surface area contributed by atoms with Crippen molar-refractivity contribution < 1.29 is 28.2 Å². The number of nitrogens with one attached hydrogen (secondary N) is 1. The molecule has 2 rings (SSSR count). The molecule has 0 aliphatic rings. The van der Waals surface area contributed by atoms with E-state index < -0.39 is 30.1 Å². The maximum Gasteiger partial charge on any atom is 0.325 e. The van der Waals surface area contributed by atoms with E-state index >= 15 is 0 Å². The third-order valence-corrected chi connectivity index (χ3v) is 3.35. The molecule has 0 bridgehead atoms. The highest BCUT2D eigenvalue weighted by Gasteiger charge is 2.12. The van der Waals surface area contributed by atoms with Gasteiger partial charge in [-0.2, -0.15) is 0 Å². The van der Waals surface area contributed by atoms with Gasteiger partial charge in [-0.3, -0.25) is 14.4 Å². The fourth-order valence-corrected chi connectivity index (χ4v) is 2.04. The molecule has 0 saturated carbocycles. The lowest BCUT2D eigenvalue weighted by atomic mass is 10.1. The van der Waals surface area contributed by atoms with Gasteiger partial charge in [-0.15, -0.1) is 0 Å². The van der Waals surface area contributed by atoms with Crippen LogP contribution in [0.15, 0.2) is 48.5 Å². The molecule has 0 saturated heterocycles. The molecule has 26 heavy (non-hydrogen) atoms. The molecule has 2 aromatic carbocycles. The molecule has 1 amide bonds. The highest BCUT2D eigenvalue weighted by atomic mass is 19.1. The first-order chi connectivity index (χ1) is 12.5. The van der Waals surface area contributed by atoms with Crippen molar-refractivity contribution in [3.05, 3.63) is 65.5 Å². The molecule has 0 aliphatic carbocycles. The number of ketones is 1. The van der Waals surface area contributed by atoms with Gasteiger partial charge in [0, 0.05) is 11.1 Å². The minimum Gasteiger partial charge on any atom is -0.494 e. The van der Waals surface area contributed by atoms with Gasteiger partial charge < -0.3 is 14.8 Å². The Balaban J connectivity index is 1.76. The Kier molecular flexibility index (Phi) is 6.84. The number of benzene rings is 2. The van der Waals surface area contributed by atoms with Crippen LogP contribution in [0.2, 0.25) is 0 Å². The van der Waals surface area contributed by atoms with Gasteiger partial charge in [0.1, 0.15) is 18.1 Å². The Labute approximate surface area is 149 Å². The van der Waals surface area contributed by atoms with Crippen molar-refractivity contribution in [3.63, 3.8) is 0 Å². The molecule has 0 atom stereocenters. The van der Waals surface area contributed by atoms with Crippen molar-refractivity contribution in [2.24, 2.45) is 0 Å². The van der Waals surface area contributed by atoms with Crippen LogP contribution in [-0.2, 0) is 9.53 Å². The number of rotatable bonds is 8. The monoisotopic (exact) mass is 359 g/mol. The number of carbonyl (C=O) groups excluding carboxylic acids is 3. The molecule has 6 nitrogen and oxygen atoms in total. The van der Waals surface area contributed by atoms with Crippen LogP contribution in [0, 0.1) is 5.82 Å². The fourth-order valence-electron chi connectivity index (χ4n) is 2.04. The number of carbonyl (C=O) groups is 3. The van der Waals surface area contributed by atoms with Crippen molar-refractivity contribution in [2.45, 2.75) is 6.92 Å². The molecule has 0 radical (unpaired) electrons. The zero-order chi connectivity index (χ0) is 18.9. The van der Waals surface area contributed by atoms with Gasteiger partial charge in [0.15, 0.2) is 12.4 Å². The molecule has 1 N–H and O–H groups in total. The zero-order valence-electron chi connectivity index (χ0n) is 14.2. The number of hydrogen-bond donors (Lipinski definition) is 1. The van der Waals surface area contributed by atoms with Crippen LogP contribution >= 0.6 is 0 Å². The number of esters is 1. The molecule has 0 aliphatic heterocycles. The molecule has 0 spiro atoms. The van der Waals surface area contributed by atoms with Gasteiger partial charge in [0.2, 0.25) is 0 Å². The van der Waals surface area contributed by atoms with E-state index in [9.17, 15) is 18.8 Å². The first kappa shape index (κ1) is 19.1. The van der Waals surface area contributed by atoms with Crippen LogP contribution in [0.5, 0.6) is 5.75 Å². The highest BCUT2D eigenvalue weighted by molar-refractivity contribution is 5.98. The number of hydrogen-bond acceptors (Lipinski definition) is 5. The minimum atomic E-state index is -0.750. The summed E-state index contributed by atoms with van der Waals surface area (Å²) in [6.45, 7) is 1.52. The smallest absolute Gasteiger partial charge is 0.325 e. The summed E-state index contributed by atoms with van der Waals surface area (Å²) >= 11 is 0. The molecule has 0 aromatic heterocycles. The predicted molar refractivity (Wildman–Crippen MR) is 91.6 cm³/mol. The van der Waals surface area contributed by atoms with Crippen molar-refractivity contribution in [3.8, 4) is 5.75 Å². The van der Waals surface area contributed by atoms with Gasteiger partial charge in [-0.25, -0.2) is 4.39 Å².